The summed E-state index contributed by atoms with van der Waals surface area (Å²) in [4.78, 5) is 18.6. The van der Waals surface area contributed by atoms with E-state index in [-0.39, 0.29) is 47.7 Å². The minimum atomic E-state index is -0.334. The standard InChI is InChI=1S/C19H28ClFN4O.HI/c1-4-22-19(23-9-7-14-5-6-15(21)11-17(14)20)24-16-8-10-25(12-16)18(26)13(2)3;/h5-6,11,13,16H,4,7-10,12H2,1-3H3,(H2,22,23,24);1H. The summed E-state index contributed by atoms with van der Waals surface area (Å²) in [5.41, 5.74) is 0.877. The Bertz CT molecular complexity index is 657. The molecule has 1 aromatic rings. The van der Waals surface area contributed by atoms with E-state index in [0.717, 1.165) is 31.0 Å². The maximum Gasteiger partial charge on any atom is 0.225 e. The zero-order valence-corrected chi connectivity index (χ0v) is 19.2. The molecule has 1 aliphatic rings. The SMILES string of the molecule is CCNC(=NCCc1ccc(F)cc1Cl)NC1CCN(C(=O)C(C)C)C1.I. The van der Waals surface area contributed by atoms with Crippen LogP contribution in [-0.4, -0.2) is 49.0 Å². The highest BCUT2D eigenvalue weighted by Crippen LogP contribution is 2.17. The van der Waals surface area contributed by atoms with E-state index in [2.05, 4.69) is 15.6 Å². The minimum absolute atomic E-state index is 0. The predicted octanol–water partition coefficient (Wildman–Crippen LogP) is 3.45. The molecule has 5 nitrogen and oxygen atoms in total. The quantitative estimate of drug-likeness (QED) is 0.350. The summed E-state index contributed by atoms with van der Waals surface area (Å²) >= 11 is 6.06. The molecule has 1 saturated heterocycles. The van der Waals surface area contributed by atoms with Gasteiger partial charge >= 0.3 is 0 Å². The van der Waals surface area contributed by atoms with Crippen LogP contribution >= 0.6 is 35.6 Å². The summed E-state index contributed by atoms with van der Waals surface area (Å²) in [6.45, 7) is 8.64. The Morgan fingerprint density at radius 3 is 2.81 bits per heavy atom. The van der Waals surface area contributed by atoms with E-state index in [4.69, 9.17) is 11.6 Å². The van der Waals surface area contributed by atoms with Gasteiger partial charge in [-0.2, -0.15) is 0 Å². The number of halogens is 3. The molecule has 2 rings (SSSR count). The second-order valence-corrected chi connectivity index (χ2v) is 7.22. The highest BCUT2D eigenvalue weighted by Gasteiger charge is 2.27. The van der Waals surface area contributed by atoms with Crippen molar-refractivity contribution >= 4 is 47.4 Å². The van der Waals surface area contributed by atoms with Gasteiger partial charge in [0.15, 0.2) is 5.96 Å². The molecule has 0 aromatic heterocycles. The van der Waals surface area contributed by atoms with Crippen LogP contribution in [0.15, 0.2) is 23.2 Å². The molecule has 152 valence electrons. The van der Waals surface area contributed by atoms with Crippen LogP contribution in [0.25, 0.3) is 0 Å². The van der Waals surface area contributed by atoms with Crippen molar-refractivity contribution in [3.05, 3.63) is 34.6 Å². The average Bonchev–Trinajstić information content (AvgIpc) is 3.04. The van der Waals surface area contributed by atoms with Crippen molar-refractivity contribution in [1.29, 1.82) is 0 Å². The molecular weight excluding hydrogens is 482 g/mol. The third-order valence-electron chi connectivity index (χ3n) is 4.35. The first-order chi connectivity index (χ1) is 12.4. The number of amides is 1. The number of hydrogen-bond donors (Lipinski definition) is 2. The summed E-state index contributed by atoms with van der Waals surface area (Å²) in [6, 6.07) is 4.63. The summed E-state index contributed by atoms with van der Waals surface area (Å²) in [6.07, 6.45) is 1.55. The van der Waals surface area contributed by atoms with E-state index in [1.54, 1.807) is 6.07 Å². The molecule has 0 radical (unpaired) electrons. The Kier molecular flexibility index (Phi) is 10.4. The van der Waals surface area contributed by atoms with Gasteiger partial charge in [0, 0.05) is 43.2 Å². The molecule has 1 aliphatic heterocycles. The van der Waals surface area contributed by atoms with E-state index in [1.807, 2.05) is 25.7 Å². The zero-order valence-electron chi connectivity index (χ0n) is 16.1. The van der Waals surface area contributed by atoms with Crippen molar-refractivity contribution in [3.8, 4) is 0 Å². The molecule has 1 atom stereocenters. The zero-order chi connectivity index (χ0) is 19.1. The lowest BCUT2D eigenvalue weighted by molar-refractivity contribution is -0.133. The molecule has 27 heavy (non-hydrogen) atoms. The fourth-order valence-corrected chi connectivity index (χ4v) is 3.23. The van der Waals surface area contributed by atoms with Gasteiger partial charge in [0.2, 0.25) is 5.91 Å². The summed E-state index contributed by atoms with van der Waals surface area (Å²) < 4.78 is 13.1. The van der Waals surface area contributed by atoms with Crippen molar-refractivity contribution in [3.63, 3.8) is 0 Å². The van der Waals surface area contributed by atoms with Crippen LogP contribution in [0.3, 0.4) is 0 Å². The third-order valence-corrected chi connectivity index (χ3v) is 4.70. The van der Waals surface area contributed by atoms with Crippen LogP contribution in [0.4, 0.5) is 4.39 Å². The van der Waals surface area contributed by atoms with E-state index in [9.17, 15) is 9.18 Å². The minimum Gasteiger partial charge on any atom is -0.357 e. The summed E-state index contributed by atoms with van der Waals surface area (Å²) in [7, 11) is 0. The largest absolute Gasteiger partial charge is 0.357 e. The summed E-state index contributed by atoms with van der Waals surface area (Å²) in [5, 5.41) is 7.06. The number of rotatable bonds is 6. The summed E-state index contributed by atoms with van der Waals surface area (Å²) in [5.74, 6) is 0.617. The molecular formula is C19H29ClFIN4O. The maximum atomic E-state index is 13.1. The first-order valence-electron chi connectivity index (χ1n) is 9.18. The number of carbonyl (C=O) groups is 1. The lowest BCUT2D eigenvalue weighted by Crippen LogP contribution is -2.45. The van der Waals surface area contributed by atoms with Crippen molar-refractivity contribution in [2.45, 2.75) is 39.7 Å². The van der Waals surface area contributed by atoms with Crippen molar-refractivity contribution in [1.82, 2.24) is 15.5 Å². The smallest absolute Gasteiger partial charge is 0.225 e. The van der Waals surface area contributed by atoms with Crippen molar-refractivity contribution in [2.24, 2.45) is 10.9 Å². The predicted molar refractivity (Wildman–Crippen MR) is 119 cm³/mol. The van der Waals surface area contributed by atoms with Crippen molar-refractivity contribution < 1.29 is 9.18 Å². The molecule has 1 heterocycles. The molecule has 0 spiro atoms. The highest BCUT2D eigenvalue weighted by molar-refractivity contribution is 14.0. The molecule has 0 aliphatic carbocycles. The maximum absolute atomic E-state index is 13.1. The fraction of sp³-hybridized carbons (Fsp3) is 0.579. The molecule has 1 fully saturated rings. The van der Waals surface area contributed by atoms with Gasteiger partial charge in [0.05, 0.1) is 0 Å². The number of nitrogens with zero attached hydrogens (tertiary/aromatic N) is 2. The number of likely N-dealkylation sites (tertiary alicyclic amines) is 1. The first kappa shape index (κ1) is 23.9. The third kappa shape index (κ3) is 7.44. The molecule has 1 aromatic carbocycles. The van der Waals surface area contributed by atoms with Crippen LogP contribution in [0.5, 0.6) is 0 Å². The Balaban J connectivity index is 0.00000364. The molecule has 2 N–H and O–H groups in total. The Labute approximate surface area is 183 Å². The fourth-order valence-electron chi connectivity index (χ4n) is 2.97. The van der Waals surface area contributed by atoms with Gasteiger partial charge < -0.3 is 15.5 Å². The number of carbonyl (C=O) groups excluding carboxylic acids is 1. The van der Waals surface area contributed by atoms with Gasteiger partial charge in [-0.25, -0.2) is 4.39 Å². The van der Waals surface area contributed by atoms with Crippen LogP contribution in [0, 0.1) is 11.7 Å². The van der Waals surface area contributed by atoms with Gasteiger partial charge in [0.25, 0.3) is 0 Å². The van der Waals surface area contributed by atoms with Crippen LogP contribution in [0.2, 0.25) is 5.02 Å². The van der Waals surface area contributed by atoms with E-state index in [0.29, 0.717) is 24.5 Å². The Morgan fingerprint density at radius 1 is 1.44 bits per heavy atom. The molecule has 1 amide bonds. The number of guanidine groups is 1. The molecule has 1 unspecified atom stereocenters. The van der Waals surface area contributed by atoms with Crippen LogP contribution in [-0.2, 0) is 11.2 Å². The monoisotopic (exact) mass is 510 g/mol. The van der Waals surface area contributed by atoms with Gasteiger partial charge in [-0.05, 0) is 37.5 Å². The second kappa shape index (κ2) is 11.7. The Morgan fingerprint density at radius 2 is 2.19 bits per heavy atom. The van der Waals surface area contributed by atoms with E-state index >= 15 is 0 Å². The van der Waals surface area contributed by atoms with Crippen LogP contribution in [0.1, 0.15) is 32.8 Å². The number of benzene rings is 1. The number of hydrogen-bond acceptors (Lipinski definition) is 2. The van der Waals surface area contributed by atoms with Gasteiger partial charge in [-0.15, -0.1) is 24.0 Å². The topological polar surface area (TPSA) is 56.7 Å². The lowest BCUT2D eigenvalue weighted by atomic mass is 10.1. The van der Waals surface area contributed by atoms with Gasteiger partial charge in [-0.1, -0.05) is 31.5 Å². The van der Waals surface area contributed by atoms with Crippen LogP contribution < -0.4 is 10.6 Å². The molecule has 0 bridgehead atoms. The Hall–Kier alpha value is -1.09. The van der Waals surface area contributed by atoms with Gasteiger partial charge in [-0.3, -0.25) is 9.79 Å². The van der Waals surface area contributed by atoms with Gasteiger partial charge in [0.1, 0.15) is 5.82 Å². The molecule has 0 saturated carbocycles. The highest BCUT2D eigenvalue weighted by atomic mass is 127. The second-order valence-electron chi connectivity index (χ2n) is 6.82. The van der Waals surface area contributed by atoms with E-state index < -0.39 is 0 Å². The lowest BCUT2D eigenvalue weighted by Gasteiger charge is -2.20. The number of nitrogens with one attached hydrogen (secondary N) is 2. The molecule has 8 heteroatoms. The number of aliphatic imine (C=N–C) groups is 1. The average molecular weight is 511 g/mol. The normalized spacial score (nSPS) is 17.0. The first-order valence-corrected chi connectivity index (χ1v) is 9.56. The van der Waals surface area contributed by atoms with E-state index in [1.165, 1.54) is 12.1 Å². The van der Waals surface area contributed by atoms with Crippen molar-refractivity contribution in [2.75, 3.05) is 26.2 Å².